The van der Waals surface area contributed by atoms with Crippen LogP contribution in [-0.2, 0) is 19.4 Å². The number of rotatable bonds is 3. The molecule has 0 unspecified atom stereocenters. The predicted octanol–water partition coefficient (Wildman–Crippen LogP) is -0.102. The van der Waals surface area contributed by atoms with Gasteiger partial charge in [-0.3, -0.25) is 13.5 Å². The Morgan fingerprint density at radius 3 is 1.71 bits per heavy atom. The second kappa shape index (κ2) is 8.14. The number of nitrogens with zero attached hydrogens (tertiary/aromatic N) is 1. The largest absolute Gasteiger partial charge is 0.397 e. The highest BCUT2D eigenvalue weighted by Crippen LogP contribution is 1.89. The normalized spacial score (nSPS) is 10.5. The van der Waals surface area contributed by atoms with Crippen molar-refractivity contribution in [2.24, 2.45) is 0 Å². The van der Waals surface area contributed by atoms with Crippen molar-refractivity contribution in [1.82, 2.24) is 11.6 Å². The molecule has 0 saturated heterocycles. The molecule has 0 spiro atoms. The summed E-state index contributed by atoms with van der Waals surface area (Å²) in [5, 5.41) is 0. The number of carbonyl (C=O) groups excluding carboxylic acids is 1. The van der Waals surface area contributed by atoms with Gasteiger partial charge in [0, 0.05) is 5.57 Å². The smallest absolute Gasteiger partial charge is 0.344 e. The maximum atomic E-state index is 10.9. The zero-order valence-corrected chi connectivity index (χ0v) is 11.7. The third kappa shape index (κ3) is 21.0. The van der Waals surface area contributed by atoms with Crippen LogP contribution < -0.4 is 11.6 Å². The minimum Gasteiger partial charge on any atom is -0.344 e. The van der Waals surface area contributed by atoms with Crippen molar-refractivity contribution in [2.45, 2.75) is 6.92 Å². The van der Waals surface area contributed by atoms with Crippen LogP contribution in [0.15, 0.2) is 12.2 Å². The van der Waals surface area contributed by atoms with E-state index in [-0.39, 0.29) is 12.1 Å². The maximum absolute atomic E-state index is 10.9. The summed E-state index contributed by atoms with van der Waals surface area (Å²) in [6.07, 6.45) is 0. The topological polar surface area (TPSA) is 128 Å². The Morgan fingerprint density at radius 1 is 1.35 bits per heavy atom. The van der Waals surface area contributed by atoms with Crippen LogP contribution in [0.4, 0.5) is 0 Å². The van der Waals surface area contributed by atoms with Gasteiger partial charge >= 0.3 is 10.4 Å². The Labute approximate surface area is 102 Å². The van der Waals surface area contributed by atoms with Crippen LogP contribution in [-0.4, -0.2) is 51.7 Å². The molecule has 5 N–H and O–H groups in total. The van der Waals surface area contributed by atoms with E-state index in [1.807, 2.05) is 21.1 Å². The summed E-state index contributed by atoms with van der Waals surface area (Å²) in [6.45, 7) is 5.20. The first kappa shape index (κ1) is 21.3. The number of hydrogen-bond donors (Lipinski definition) is 3. The summed E-state index contributed by atoms with van der Waals surface area (Å²) in [6, 6.07) is 0. The second-order valence-electron chi connectivity index (χ2n) is 3.83. The second-order valence-corrected chi connectivity index (χ2v) is 5.02. The van der Waals surface area contributed by atoms with E-state index in [0.717, 1.165) is 7.11 Å². The lowest BCUT2D eigenvalue weighted by molar-refractivity contribution is -0.905. The van der Waals surface area contributed by atoms with Crippen molar-refractivity contribution in [3.8, 4) is 0 Å². The zero-order chi connectivity index (χ0) is 13.6. The van der Waals surface area contributed by atoms with Crippen molar-refractivity contribution in [3.05, 3.63) is 12.2 Å². The fourth-order valence-corrected chi connectivity index (χ4v) is 0.400. The highest BCUT2D eigenvalue weighted by Gasteiger charge is 2.11. The molecule has 0 atom stereocenters. The van der Waals surface area contributed by atoms with E-state index in [0.29, 0.717) is 10.2 Å². The SMILES string of the molecule is C=C(C)C(=O)N[N+](C)(C)C.COS(=O)(=O)O.N. The molecule has 0 aromatic heterocycles. The minimum absolute atomic E-state index is 0. The van der Waals surface area contributed by atoms with Crippen molar-refractivity contribution < 1.29 is 26.5 Å². The van der Waals surface area contributed by atoms with Gasteiger partial charge in [-0.15, -0.1) is 0 Å². The molecule has 0 aromatic rings. The predicted molar refractivity (Wildman–Crippen MR) is 64.6 cm³/mol. The van der Waals surface area contributed by atoms with Crippen LogP contribution in [0, 0.1) is 0 Å². The fourth-order valence-electron chi connectivity index (χ4n) is 0.400. The van der Waals surface area contributed by atoms with Crippen LogP contribution in [0.3, 0.4) is 0 Å². The average molecular weight is 272 g/mol. The molecular weight excluding hydrogens is 250 g/mol. The highest BCUT2D eigenvalue weighted by molar-refractivity contribution is 7.80. The van der Waals surface area contributed by atoms with Crippen molar-refractivity contribution >= 4 is 16.3 Å². The van der Waals surface area contributed by atoms with E-state index in [2.05, 4.69) is 16.2 Å². The Bertz CT molecular complexity index is 345. The fraction of sp³-hybridized carbons (Fsp3) is 0.625. The Hall–Kier alpha value is -1.00. The summed E-state index contributed by atoms with van der Waals surface area (Å²) in [5.74, 6) is -0.104. The van der Waals surface area contributed by atoms with Gasteiger partial charge in [-0.25, -0.2) is 4.59 Å². The average Bonchev–Trinajstić information content (AvgIpc) is 2.00. The zero-order valence-electron chi connectivity index (χ0n) is 10.8. The standard InChI is InChI=1S/C7H14N2O.CH4O4S.H3N/c1-6(2)7(10)8-9(3,4)5;1-5-6(2,3)4;/h1H2,2-5H3;1H3,(H,2,3,4);1H3/p+1. The van der Waals surface area contributed by atoms with Gasteiger partial charge in [0.1, 0.15) is 0 Å². The molecule has 0 aliphatic rings. The van der Waals surface area contributed by atoms with Crippen molar-refractivity contribution in [2.75, 3.05) is 28.3 Å². The lowest BCUT2D eigenvalue weighted by Crippen LogP contribution is -2.51. The van der Waals surface area contributed by atoms with Gasteiger partial charge in [0.05, 0.1) is 28.3 Å². The molecule has 8 nitrogen and oxygen atoms in total. The third-order valence-electron chi connectivity index (χ3n) is 1.04. The number of nitrogens with one attached hydrogen (secondary N) is 1. The number of carbonyl (C=O) groups is 1. The Morgan fingerprint density at radius 2 is 1.65 bits per heavy atom. The van der Waals surface area contributed by atoms with Crippen LogP contribution >= 0.6 is 0 Å². The monoisotopic (exact) mass is 272 g/mol. The summed E-state index contributed by atoms with van der Waals surface area (Å²) in [7, 11) is 2.34. The van der Waals surface area contributed by atoms with Crippen LogP contribution in [0.25, 0.3) is 0 Å². The third-order valence-corrected chi connectivity index (χ3v) is 1.46. The molecule has 0 aromatic carbocycles. The van der Waals surface area contributed by atoms with Crippen LogP contribution in [0.1, 0.15) is 6.92 Å². The molecule has 17 heavy (non-hydrogen) atoms. The van der Waals surface area contributed by atoms with E-state index >= 15 is 0 Å². The van der Waals surface area contributed by atoms with E-state index in [4.69, 9.17) is 4.55 Å². The Balaban J connectivity index is -0.000000244. The molecule has 0 rings (SSSR count). The molecule has 0 aliphatic carbocycles. The van der Waals surface area contributed by atoms with Gasteiger partial charge in [-0.2, -0.15) is 13.8 Å². The molecule has 0 radical (unpaired) electrons. The highest BCUT2D eigenvalue weighted by atomic mass is 32.3. The maximum Gasteiger partial charge on any atom is 0.397 e. The van der Waals surface area contributed by atoms with E-state index in [1.165, 1.54) is 0 Å². The van der Waals surface area contributed by atoms with Gasteiger partial charge in [0.15, 0.2) is 0 Å². The van der Waals surface area contributed by atoms with E-state index in [9.17, 15) is 13.2 Å². The van der Waals surface area contributed by atoms with Gasteiger partial charge in [-0.05, 0) is 6.92 Å². The summed E-state index contributed by atoms with van der Waals surface area (Å²) in [5.41, 5.74) is 3.25. The summed E-state index contributed by atoms with van der Waals surface area (Å²) < 4.78 is 30.1. The molecule has 104 valence electrons. The van der Waals surface area contributed by atoms with E-state index in [1.54, 1.807) is 6.92 Å². The van der Waals surface area contributed by atoms with Gasteiger partial charge in [0.2, 0.25) is 0 Å². The number of amides is 1. The van der Waals surface area contributed by atoms with Gasteiger partial charge < -0.3 is 6.15 Å². The van der Waals surface area contributed by atoms with Gasteiger partial charge in [-0.1, -0.05) is 6.58 Å². The molecule has 0 bridgehead atoms. The minimum atomic E-state index is -4.16. The number of quaternary nitrogens is 1. The summed E-state index contributed by atoms with van der Waals surface area (Å²) in [4.78, 5) is 10.9. The van der Waals surface area contributed by atoms with Crippen molar-refractivity contribution in [1.29, 1.82) is 0 Å². The molecular formula is C8H22N3O5S+. The van der Waals surface area contributed by atoms with Gasteiger partial charge in [0.25, 0.3) is 5.91 Å². The molecule has 0 heterocycles. The Kier molecular flexibility index (Phi) is 10.2. The molecule has 0 saturated carbocycles. The first-order valence-corrected chi connectivity index (χ1v) is 5.58. The van der Waals surface area contributed by atoms with Crippen molar-refractivity contribution in [3.63, 3.8) is 0 Å². The quantitative estimate of drug-likeness (QED) is 0.285. The molecule has 0 fully saturated rings. The van der Waals surface area contributed by atoms with E-state index < -0.39 is 10.4 Å². The lowest BCUT2D eigenvalue weighted by atomic mass is 10.3. The number of hydrogen-bond acceptors (Lipinski definition) is 5. The van der Waals surface area contributed by atoms with Crippen LogP contribution in [0.2, 0.25) is 0 Å². The lowest BCUT2D eigenvalue weighted by Gasteiger charge is -2.23. The first-order chi connectivity index (χ1) is 6.89. The molecule has 9 heteroatoms. The first-order valence-electron chi connectivity index (χ1n) is 4.21. The van der Waals surface area contributed by atoms with Crippen LogP contribution in [0.5, 0.6) is 0 Å². The summed E-state index contributed by atoms with van der Waals surface area (Å²) >= 11 is 0. The molecule has 0 aliphatic heterocycles. The molecule has 1 amide bonds.